The average Bonchev–Trinajstić information content (AvgIpc) is 2.99. The predicted octanol–water partition coefficient (Wildman–Crippen LogP) is 5.45. The maximum atomic E-state index is 11.3. The molecule has 0 saturated heterocycles. The molecule has 0 bridgehead atoms. The Morgan fingerprint density at radius 1 is 1.00 bits per heavy atom. The van der Waals surface area contributed by atoms with E-state index in [9.17, 15) is 9.90 Å². The summed E-state index contributed by atoms with van der Waals surface area (Å²) >= 11 is 18.0. The Morgan fingerprint density at radius 2 is 1.68 bits per heavy atom. The first-order valence-corrected chi connectivity index (χ1v) is 8.58. The molecule has 3 aromatic rings. The van der Waals surface area contributed by atoms with Crippen LogP contribution in [0.2, 0.25) is 15.1 Å². The molecule has 128 valence electrons. The van der Waals surface area contributed by atoms with Gasteiger partial charge in [0.1, 0.15) is 0 Å². The molecule has 0 unspecified atom stereocenters. The Labute approximate surface area is 159 Å². The summed E-state index contributed by atoms with van der Waals surface area (Å²) in [5.74, 6) is -1.07. The lowest BCUT2D eigenvalue weighted by molar-refractivity contribution is 0.0689. The number of carboxylic acids is 1. The summed E-state index contributed by atoms with van der Waals surface area (Å²) in [6.07, 6.45) is 0.595. The number of rotatable bonds is 5. The molecule has 0 fully saturated rings. The van der Waals surface area contributed by atoms with E-state index in [1.165, 1.54) is 0 Å². The summed E-state index contributed by atoms with van der Waals surface area (Å²) in [5.41, 5.74) is 2.46. The molecular formula is C18H13Cl3N2O2. The van der Waals surface area contributed by atoms with E-state index in [1.54, 1.807) is 35.0 Å². The van der Waals surface area contributed by atoms with E-state index in [0.29, 0.717) is 33.7 Å². The molecule has 2 aromatic carbocycles. The third kappa shape index (κ3) is 4.15. The van der Waals surface area contributed by atoms with Gasteiger partial charge < -0.3 is 5.11 Å². The van der Waals surface area contributed by atoms with Crippen LogP contribution in [-0.2, 0) is 13.0 Å². The van der Waals surface area contributed by atoms with Gasteiger partial charge in [-0.3, -0.25) is 4.68 Å². The molecule has 4 nitrogen and oxygen atoms in total. The SMILES string of the molecule is O=C(O)c1cc(-c2ccc(Cl)cc2)n(CCc2ccc(Cl)cc2Cl)n1. The lowest BCUT2D eigenvalue weighted by Crippen LogP contribution is -2.07. The highest BCUT2D eigenvalue weighted by Gasteiger charge is 2.15. The van der Waals surface area contributed by atoms with E-state index in [2.05, 4.69) is 5.10 Å². The molecule has 7 heteroatoms. The van der Waals surface area contributed by atoms with Crippen LogP contribution in [0.3, 0.4) is 0 Å². The average molecular weight is 396 g/mol. The van der Waals surface area contributed by atoms with E-state index in [-0.39, 0.29) is 5.69 Å². The minimum atomic E-state index is -1.07. The van der Waals surface area contributed by atoms with Crippen molar-refractivity contribution in [1.29, 1.82) is 0 Å². The Morgan fingerprint density at radius 3 is 2.32 bits per heavy atom. The zero-order valence-electron chi connectivity index (χ0n) is 12.9. The molecule has 3 rings (SSSR count). The topological polar surface area (TPSA) is 55.1 Å². The second kappa shape index (κ2) is 7.48. The quantitative estimate of drug-likeness (QED) is 0.625. The number of carboxylic acid groups (broad SMARTS) is 1. The van der Waals surface area contributed by atoms with Crippen molar-refractivity contribution in [2.45, 2.75) is 13.0 Å². The van der Waals surface area contributed by atoms with Crippen molar-refractivity contribution >= 4 is 40.8 Å². The van der Waals surface area contributed by atoms with Crippen LogP contribution < -0.4 is 0 Å². The lowest BCUT2D eigenvalue weighted by atomic mass is 10.1. The van der Waals surface area contributed by atoms with Gasteiger partial charge >= 0.3 is 5.97 Å². The number of hydrogen-bond donors (Lipinski definition) is 1. The fourth-order valence-electron chi connectivity index (χ4n) is 2.50. The number of aromatic carboxylic acids is 1. The van der Waals surface area contributed by atoms with E-state index in [1.807, 2.05) is 18.2 Å². The summed E-state index contributed by atoms with van der Waals surface area (Å²) in [5, 5.41) is 15.2. The van der Waals surface area contributed by atoms with Gasteiger partial charge in [0.2, 0.25) is 0 Å². The normalized spacial score (nSPS) is 10.8. The maximum absolute atomic E-state index is 11.3. The summed E-state index contributed by atoms with van der Waals surface area (Å²) in [7, 11) is 0. The van der Waals surface area contributed by atoms with Crippen molar-refractivity contribution in [1.82, 2.24) is 9.78 Å². The molecule has 0 atom stereocenters. The highest BCUT2D eigenvalue weighted by atomic mass is 35.5. The third-order valence-corrected chi connectivity index (χ3v) is 4.59. The Kier molecular flexibility index (Phi) is 5.33. The van der Waals surface area contributed by atoms with Crippen molar-refractivity contribution in [2.24, 2.45) is 0 Å². The molecule has 0 spiro atoms. The minimum Gasteiger partial charge on any atom is -0.476 e. The first kappa shape index (κ1) is 17.8. The number of hydrogen-bond acceptors (Lipinski definition) is 2. The van der Waals surface area contributed by atoms with Crippen LogP contribution in [0, 0.1) is 0 Å². The van der Waals surface area contributed by atoms with Crippen molar-refractivity contribution in [2.75, 3.05) is 0 Å². The molecule has 0 aliphatic heterocycles. The van der Waals surface area contributed by atoms with Gasteiger partial charge in [-0.05, 0) is 47.9 Å². The standard InChI is InChI=1S/C18H13Cl3N2O2/c19-13-4-2-12(3-5-13)17-10-16(18(24)25)22-23(17)8-7-11-1-6-14(20)9-15(11)21/h1-6,9-10H,7-8H2,(H,24,25). The number of benzene rings is 2. The van der Waals surface area contributed by atoms with Crippen molar-refractivity contribution in [3.8, 4) is 11.3 Å². The summed E-state index contributed by atoms with van der Waals surface area (Å²) < 4.78 is 1.66. The predicted molar refractivity (Wildman–Crippen MR) is 99.8 cm³/mol. The van der Waals surface area contributed by atoms with Crippen LogP contribution in [0.5, 0.6) is 0 Å². The number of nitrogens with zero attached hydrogens (tertiary/aromatic N) is 2. The van der Waals surface area contributed by atoms with Crippen LogP contribution in [0.15, 0.2) is 48.5 Å². The minimum absolute atomic E-state index is 0.00727. The molecule has 1 N–H and O–H groups in total. The highest BCUT2D eigenvalue weighted by Crippen LogP contribution is 2.25. The monoisotopic (exact) mass is 394 g/mol. The number of carbonyl (C=O) groups is 1. The van der Waals surface area contributed by atoms with Gasteiger partial charge in [0.25, 0.3) is 0 Å². The fraction of sp³-hybridized carbons (Fsp3) is 0.111. The van der Waals surface area contributed by atoms with Crippen molar-refractivity contribution in [3.05, 3.63) is 74.9 Å². The van der Waals surface area contributed by atoms with Gasteiger partial charge in [0.15, 0.2) is 5.69 Å². The first-order chi connectivity index (χ1) is 11.9. The summed E-state index contributed by atoms with van der Waals surface area (Å²) in [6, 6.07) is 14.0. The Hall–Kier alpha value is -2.01. The number of halogens is 3. The van der Waals surface area contributed by atoms with Crippen molar-refractivity contribution in [3.63, 3.8) is 0 Å². The molecule has 0 aliphatic carbocycles. The van der Waals surface area contributed by atoms with Gasteiger partial charge in [-0.1, -0.05) is 53.0 Å². The summed E-state index contributed by atoms with van der Waals surface area (Å²) in [4.78, 5) is 11.3. The van der Waals surface area contributed by atoms with Gasteiger partial charge in [-0.2, -0.15) is 5.10 Å². The molecule has 0 radical (unpaired) electrons. The zero-order chi connectivity index (χ0) is 18.0. The molecule has 0 amide bonds. The van der Waals surface area contributed by atoms with Crippen LogP contribution in [0.1, 0.15) is 16.1 Å². The first-order valence-electron chi connectivity index (χ1n) is 7.45. The number of aryl methyl sites for hydroxylation is 2. The second-order valence-corrected chi connectivity index (χ2v) is 6.72. The smallest absolute Gasteiger partial charge is 0.356 e. The molecule has 0 aliphatic rings. The van der Waals surface area contributed by atoms with Gasteiger partial charge in [0.05, 0.1) is 5.69 Å². The van der Waals surface area contributed by atoms with E-state index >= 15 is 0 Å². The number of aromatic nitrogens is 2. The second-order valence-electron chi connectivity index (χ2n) is 5.44. The zero-order valence-corrected chi connectivity index (χ0v) is 15.2. The van der Waals surface area contributed by atoms with Gasteiger partial charge in [0, 0.05) is 21.6 Å². The third-order valence-electron chi connectivity index (χ3n) is 3.75. The lowest BCUT2D eigenvalue weighted by Gasteiger charge is -2.09. The van der Waals surface area contributed by atoms with Crippen LogP contribution in [0.4, 0.5) is 0 Å². The van der Waals surface area contributed by atoms with Crippen LogP contribution in [-0.4, -0.2) is 20.9 Å². The molecule has 1 aromatic heterocycles. The van der Waals surface area contributed by atoms with E-state index in [4.69, 9.17) is 34.8 Å². The Bertz CT molecular complexity index is 921. The van der Waals surface area contributed by atoms with Gasteiger partial charge in [-0.15, -0.1) is 0 Å². The molecule has 1 heterocycles. The van der Waals surface area contributed by atoms with Crippen LogP contribution >= 0.6 is 34.8 Å². The maximum Gasteiger partial charge on any atom is 0.356 e. The largest absolute Gasteiger partial charge is 0.476 e. The van der Waals surface area contributed by atoms with E-state index in [0.717, 1.165) is 11.1 Å². The molecule has 25 heavy (non-hydrogen) atoms. The summed E-state index contributed by atoms with van der Waals surface area (Å²) in [6.45, 7) is 0.479. The van der Waals surface area contributed by atoms with Gasteiger partial charge in [-0.25, -0.2) is 4.79 Å². The van der Waals surface area contributed by atoms with Crippen LogP contribution in [0.25, 0.3) is 11.3 Å². The fourth-order valence-corrected chi connectivity index (χ4v) is 3.12. The van der Waals surface area contributed by atoms with E-state index < -0.39 is 5.97 Å². The highest BCUT2D eigenvalue weighted by molar-refractivity contribution is 6.35. The van der Waals surface area contributed by atoms with Crippen molar-refractivity contribution < 1.29 is 9.90 Å². The molecular weight excluding hydrogens is 383 g/mol. The molecule has 0 saturated carbocycles. The Balaban J connectivity index is 1.91.